The Labute approximate surface area is 217 Å². The first-order valence-electron chi connectivity index (χ1n) is 13.5. The topological polar surface area (TPSA) is 104 Å². The van der Waals surface area contributed by atoms with Crippen LogP contribution in [0.3, 0.4) is 0 Å². The van der Waals surface area contributed by atoms with Gasteiger partial charge in [-0.2, -0.15) is 0 Å². The second-order valence-corrected chi connectivity index (χ2v) is 11.6. The Hall–Kier alpha value is -3.42. The summed E-state index contributed by atoms with van der Waals surface area (Å²) in [6.07, 6.45) is 4.31. The van der Waals surface area contributed by atoms with Gasteiger partial charge in [0.2, 0.25) is 5.91 Å². The molecular formula is C29H35N5O3. The van der Waals surface area contributed by atoms with Gasteiger partial charge < -0.3 is 19.8 Å². The van der Waals surface area contributed by atoms with Gasteiger partial charge in [-0.3, -0.25) is 4.79 Å². The molecule has 1 aromatic carbocycles. The zero-order valence-electron chi connectivity index (χ0n) is 21.8. The Bertz CT molecular complexity index is 1300. The van der Waals surface area contributed by atoms with Crippen molar-refractivity contribution in [2.45, 2.75) is 70.3 Å². The van der Waals surface area contributed by atoms with E-state index in [2.05, 4.69) is 47.5 Å². The van der Waals surface area contributed by atoms with Gasteiger partial charge in [0, 0.05) is 53.6 Å². The van der Waals surface area contributed by atoms with Crippen molar-refractivity contribution >= 4 is 11.7 Å². The summed E-state index contributed by atoms with van der Waals surface area (Å²) in [5.41, 5.74) is 3.37. The first kappa shape index (κ1) is 23.9. The molecule has 1 spiro atoms. The molecule has 1 saturated heterocycles. The molecule has 4 heterocycles. The van der Waals surface area contributed by atoms with Crippen LogP contribution < -0.4 is 5.32 Å². The third kappa shape index (κ3) is 4.36. The first-order chi connectivity index (χ1) is 17.8. The Morgan fingerprint density at radius 1 is 1.14 bits per heavy atom. The summed E-state index contributed by atoms with van der Waals surface area (Å²) in [5, 5.41) is 26.8. The van der Waals surface area contributed by atoms with Crippen molar-refractivity contribution < 1.29 is 14.4 Å². The van der Waals surface area contributed by atoms with Crippen LogP contribution in [0.5, 0.6) is 5.75 Å². The lowest BCUT2D eigenvalue weighted by Crippen LogP contribution is -2.55. The first-order valence-corrected chi connectivity index (χ1v) is 13.5. The zero-order valence-corrected chi connectivity index (χ0v) is 21.8. The molecule has 0 unspecified atom stereocenters. The molecule has 8 nitrogen and oxygen atoms in total. The SMILES string of the molecule is CC(C)[C@@H](C)c1cc(C2CCN(C(=O)C3CC4(Cc5cc(-c6ccccc6O)nnc5N4)C3)CC2)no1. The summed E-state index contributed by atoms with van der Waals surface area (Å²) in [6.45, 7) is 8.12. The van der Waals surface area contributed by atoms with E-state index in [-0.39, 0.29) is 23.1 Å². The molecule has 194 valence electrons. The van der Waals surface area contributed by atoms with Gasteiger partial charge in [-0.05, 0) is 56.2 Å². The second-order valence-electron chi connectivity index (χ2n) is 11.6. The number of fused-ring (bicyclic) bond motifs is 1. The fourth-order valence-electron chi connectivity index (χ4n) is 6.15. The fourth-order valence-corrected chi connectivity index (χ4v) is 6.15. The van der Waals surface area contributed by atoms with Gasteiger partial charge in [-0.25, -0.2) is 0 Å². The molecule has 0 radical (unpaired) electrons. The van der Waals surface area contributed by atoms with E-state index < -0.39 is 0 Å². The summed E-state index contributed by atoms with van der Waals surface area (Å²) in [6, 6.07) is 11.3. The Balaban J connectivity index is 1.03. The minimum Gasteiger partial charge on any atom is -0.507 e. The van der Waals surface area contributed by atoms with Crippen LogP contribution in [0, 0.1) is 11.8 Å². The van der Waals surface area contributed by atoms with Crippen LogP contribution in [0.4, 0.5) is 5.82 Å². The Kier molecular flexibility index (Phi) is 5.92. The molecule has 37 heavy (non-hydrogen) atoms. The number of phenolic OH excluding ortho intramolecular Hbond substituents is 1. The maximum atomic E-state index is 13.3. The number of aromatic nitrogens is 3. The molecule has 3 aromatic rings. The molecule has 3 aliphatic rings. The summed E-state index contributed by atoms with van der Waals surface area (Å²) >= 11 is 0. The minimum absolute atomic E-state index is 0.0505. The van der Waals surface area contributed by atoms with E-state index in [1.54, 1.807) is 12.1 Å². The van der Waals surface area contributed by atoms with E-state index in [0.717, 1.165) is 68.0 Å². The van der Waals surface area contributed by atoms with E-state index in [9.17, 15) is 9.90 Å². The lowest BCUT2D eigenvalue weighted by atomic mass is 9.66. The van der Waals surface area contributed by atoms with Crippen molar-refractivity contribution in [2.24, 2.45) is 11.8 Å². The quantitative estimate of drug-likeness (QED) is 0.500. The van der Waals surface area contributed by atoms with Crippen LogP contribution in [0.1, 0.15) is 75.3 Å². The lowest BCUT2D eigenvalue weighted by molar-refractivity contribution is -0.141. The largest absolute Gasteiger partial charge is 0.507 e. The van der Waals surface area contributed by atoms with Crippen molar-refractivity contribution in [1.29, 1.82) is 0 Å². The maximum Gasteiger partial charge on any atom is 0.225 e. The number of piperidine rings is 1. The molecule has 2 fully saturated rings. The van der Waals surface area contributed by atoms with Crippen LogP contribution in [0.15, 0.2) is 40.9 Å². The Morgan fingerprint density at radius 2 is 1.89 bits per heavy atom. The highest BCUT2D eigenvalue weighted by atomic mass is 16.5. The third-order valence-corrected chi connectivity index (χ3v) is 8.81. The molecule has 1 amide bonds. The molecule has 6 rings (SSSR count). The molecule has 1 saturated carbocycles. The molecule has 0 bridgehead atoms. The average molecular weight is 502 g/mol. The van der Waals surface area contributed by atoms with Gasteiger partial charge >= 0.3 is 0 Å². The molecule has 1 atom stereocenters. The number of para-hydroxylation sites is 1. The second kappa shape index (κ2) is 9.15. The van der Waals surface area contributed by atoms with Gasteiger partial charge in [0.1, 0.15) is 11.5 Å². The predicted octanol–water partition coefficient (Wildman–Crippen LogP) is 5.12. The number of carbonyl (C=O) groups excluding carboxylic acids is 1. The standard InChI is InChI=1S/C29H35N5O3/c1-17(2)18(3)26-13-23(33-37-26)19-8-10-34(11-9-19)28(36)21-15-29(16-21)14-20-12-24(31-32-27(20)30-29)22-6-4-5-7-25(22)35/h4-7,12-13,17-19,21,35H,8-11,14-16H2,1-3H3,(H,30,32)/t18-,21?,29?/m1/s1. The van der Waals surface area contributed by atoms with E-state index in [0.29, 0.717) is 29.0 Å². The van der Waals surface area contributed by atoms with Gasteiger partial charge in [-0.15, -0.1) is 10.2 Å². The molecular weight excluding hydrogens is 466 g/mol. The number of hydrogen-bond donors (Lipinski definition) is 2. The van der Waals surface area contributed by atoms with Crippen LogP contribution in [-0.2, 0) is 11.2 Å². The Morgan fingerprint density at radius 3 is 2.62 bits per heavy atom. The number of hydrogen-bond acceptors (Lipinski definition) is 7. The van der Waals surface area contributed by atoms with E-state index >= 15 is 0 Å². The number of carbonyl (C=O) groups is 1. The monoisotopic (exact) mass is 501 g/mol. The van der Waals surface area contributed by atoms with Crippen LogP contribution >= 0.6 is 0 Å². The van der Waals surface area contributed by atoms with Crippen LogP contribution in [0.25, 0.3) is 11.3 Å². The number of nitrogens with one attached hydrogen (secondary N) is 1. The van der Waals surface area contributed by atoms with Crippen molar-refractivity contribution in [3.8, 4) is 17.0 Å². The van der Waals surface area contributed by atoms with Crippen LogP contribution in [0.2, 0.25) is 0 Å². The van der Waals surface area contributed by atoms with Crippen molar-refractivity contribution in [3.05, 3.63) is 53.4 Å². The van der Waals surface area contributed by atoms with E-state index in [1.165, 1.54) is 0 Å². The number of likely N-dealkylation sites (tertiary alicyclic amines) is 1. The van der Waals surface area contributed by atoms with Gasteiger partial charge in [-0.1, -0.05) is 38.1 Å². The number of aromatic hydroxyl groups is 1. The number of nitrogens with zero attached hydrogens (tertiary/aromatic N) is 4. The van der Waals surface area contributed by atoms with Crippen molar-refractivity contribution in [2.75, 3.05) is 18.4 Å². The highest BCUT2D eigenvalue weighted by Crippen LogP contribution is 2.48. The lowest BCUT2D eigenvalue weighted by Gasteiger charge is -2.46. The number of phenols is 1. The van der Waals surface area contributed by atoms with E-state index in [1.807, 2.05) is 23.1 Å². The minimum atomic E-state index is -0.114. The van der Waals surface area contributed by atoms with Gasteiger partial charge in [0.15, 0.2) is 5.82 Å². The summed E-state index contributed by atoms with van der Waals surface area (Å²) in [7, 11) is 0. The number of benzene rings is 1. The number of rotatable bonds is 5. The molecule has 2 aromatic heterocycles. The smallest absolute Gasteiger partial charge is 0.225 e. The summed E-state index contributed by atoms with van der Waals surface area (Å²) in [4.78, 5) is 15.3. The highest BCUT2D eigenvalue weighted by Gasteiger charge is 2.52. The average Bonchev–Trinajstić information content (AvgIpc) is 3.52. The zero-order chi connectivity index (χ0) is 25.7. The van der Waals surface area contributed by atoms with Crippen molar-refractivity contribution in [3.63, 3.8) is 0 Å². The van der Waals surface area contributed by atoms with Gasteiger partial charge in [0.25, 0.3) is 0 Å². The third-order valence-electron chi connectivity index (χ3n) is 8.81. The number of amides is 1. The summed E-state index contributed by atoms with van der Waals surface area (Å²) in [5.74, 6) is 3.51. The molecule has 1 aliphatic carbocycles. The molecule has 2 N–H and O–H groups in total. The molecule has 2 aliphatic heterocycles. The van der Waals surface area contributed by atoms with Crippen molar-refractivity contribution in [1.82, 2.24) is 20.3 Å². The molecule has 8 heteroatoms. The fraction of sp³-hybridized carbons (Fsp3) is 0.517. The predicted molar refractivity (Wildman–Crippen MR) is 140 cm³/mol. The maximum absolute atomic E-state index is 13.3. The highest BCUT2D eigenvalue weighted by molar-refractivity contribution is 5.81. The summed E-state index contributed by atoms with van der Waals surface area (Å²) < 4.78 is 5.64. The van der Waals surface area contributed by atoms with Gasteiger partial charge in [0.05, 0.1) is 11.4 Å². The van der Waals surface area contributed by atoms with Crippen LogP contribution in [-0.4, -0.2) is 49.9 Å². The number of anilines is 1. The normalized spacial score (nSPS) is 24.1. The van der Waals surface area contributed by atoms with E-state index in [4.69, 9.17) is 4.52 Å².